The first kappa shape index (κ1) is 15.2. The van der Waals surface area contributed by atoms with Gasteiger partial charge in [-0.2, -0.15) is 0 Å². The van der Waals surface area contributed by atoms with E-state index in [1.807, 2.05) is 0 Å². The van der Waals surface area contributed by atoms with E-state index in [-0.39, 0.29) is 12.5 Å². The number of anilines is 1. The van der Waals surface area contributed by atoms with Crippen LogP contribution in [0.4, 0.5) is 5.69 Å². The highest BCUT2D eigenvalue weighted by Gasteiger charge is 2.15. The van der Waals surface area contributed by atoms with Gasteiger partial charge in [0.15, 0.2) is 0 Å². The number of amides is 1. The second-order valence-corrected chi connectivity index (χ2v) is 5.12. The van der Waals surface area contributed by atoms with Gasteiger partial charge in [-0.25, -0.2) is 0 Å². The molecule has 1 aromatic carbocycles. The summed E-state index contributed by atoms with van der Waals surface area (Å²) >= 11 is 15.3. The lowest BCUT2D eigenvalue weighted by atomic mass is 10.2. The molecule has 0 aliphatic heterocycles. The van der Waals surface area contributed by atoms with Gasteiger partial charge in [-0.1, -0.05) is 29.1 Å². The third kappa shape index (κ3) is 3.81. The van der Waals surface area contributed by atoms with E-state index in [2.05, 4.69) is 32.5 Å². The van der Waals surface area contributed by atoms with Crippen LogP contribution in [0.25, 0.3) is 0 Å². The number of terminal acetylenes is 1. The van der Waals surface area contributed by atoms with Crippen LogP contribution in [0.2, 0.25) is 10.0 Å². The fourth-order valence-corrected chi connectivity index (χ4v) is 2.06. The Hall–Kier alpha value is -0.890. The van der Waals surface area contributed by atoms with Crippen LogP contribution in [0.1, 0.15) is 6.92 Å². The van der Waals surface area contributed by atoms with Crippen LogP contribution < -0.4 is 10.6 Å². The summed E-state index contributed by atoms with van der Waals surface area (Å²) < 4.78 is 0.698. The third-order valence-corrected chi connectivity index (χ3v) is 3.94. The predicted molar refractivity (Wildman–Crippen MR) is 79.1 cm³/mol. The van der Waals surface area contributed by atoms with Gasteiger partial charge in [-0.15, -0.1) is 6.42 Å². The molecule has 0 bridgehead atoms. The maximum atomic E-state index is 11.6. The Morgan fingerprint density at radius 2 is 2.17 bits per heavy atom. The van der Waals surface area contributed by atoms with Gasteiger partial charge in [-0.05, 0) is 35.0 Å². The van der Waals surface area contributed by atoms with Gasteiger partial charge < -0.3 is 10.6 Å². The maximum absolute atomic E-state index is 11.6. The third-order valence-electron chi connectivity index (χ3n) is 2.17. The molecule has 0 aliphatic carbocycles. The molecule has 0 spiro atoms. The predicted octanol–water partition coefficient (Wildman–Crippen LogP) is 3.31. The molecule has 1 rings (SSSR count). The summed E-state index contributed by atoms with van der Waals surface area (Å²) in [5.74, 6) is 2.13. The Morgan fingerprint density at radius 1 is 1.50 bits per heavy atom. The molecule has 3 nitrogen and oxygen atoms in total. The first-order valence-electron chi connectivity index (χ1n) is 5.08. The first-order valence-corrected chi connectivity index (χ1v) is 6.63. The molecule has 1 unspecified atom stereocenters. The fourth-order valence-electron chi connectivity index (χ4n) is 1.23. The van der Waals surface area contributed by atoms with Crippen LogP contribution in [0.3, 0.4) is 0 Å². The van der Waals surface area contributed by atoms with Gasteiger partial charge >= 0.3 is 0 Å². The summed E-state index contributed by atoms with van der Waals surface area (Å²) in [5.41, 5.74) is 0.591. The molecule has 1 amide bonds. The van der Waals surface area contributed by atoms with Crippen molar-refractivity contribution < 1.29 is 4.79 Å². The molecule has 0 heterocycles. The molecule has 1 atom stereocenters. The number of hydrogen-bond acceptors (Lipinski definition) is 2. The lowest BCUT2D eigenvalue weighted by molar-refractivity contribution is -0.121. The van der Waals surface area contributed by atoms with Crippen LogP contribution in [0.15, 0.2) is 16.6 Å². The van der Waals surface area contributed by atoms with Gasteiger partial charge in [0.25, 0.3) is 0 Å². The number of rotatable bonds is 4. The highest BCUT2D eigenvalue weighted by molar-refractivity contribution is 9.10. The van der Waals surface area contributed by atoms with E-state index in [9.17, 15) is 4.79 Å². The molecule has 0 aromatic heterocycles. The molecule has 18 heavy (non-hydrogen) atoms. The lowest BCUT2D eigenvalue weighted by Crippen LogP contribution is -2.37. The van der Waals surface area contributed by atoms with Gasteiger partial charge in [0, 0.05) is 4.47 Å². The highest BCUT2D eigenvalue weighted by atomic mass is 79.9. The Labute approximate surface area is 124 Å². The normalized spacial score (nSPS) is 11.5. The summed E-state index contributed by atoms with van der Waals surface area (Å²) in [7, 11) is 0. The van der Waals surface area contributed by atoms with Gasteiger partial charge in [0.1, 0.15) is 6.04 Å². The molecule has 0 radical (unpaired) electrons. The molecular formula is C12H11BrCl2N2O. The van der Waals surface area contributed by atoms with Crippen molar-refractivity contribution in [1.29, 1.82) is 0 Å². The van der Waals surface area contributed by atoms with Crippen molar-refractivity contribution in [3.8, 4) is 12.3 Å². The Kier molecular flexibility index (Phi) is 5.80. The number of carbonyl (C=O) groups excluding carboxylic acids is 1. The zero-order valence-electron chi connectivity index (χ0n) is 9.56. The van der Waals surface area contributed by atoms with Crippen molar-refractivity contribution in [2.24, 2.45) is 0 Å². The van der Waals surface area contributed by atoms with E-state index in [1.165, 1.54) is 0 Å². The SMILES string of the molecule is C#CCNC(=O)C(C)Nc1ccc(Br)c(Cl)c1Cl. The highest BCUT2D eigenvalue weighted by Crippen LogP contribution is 2.36. The van der Waals surface area contributed by atoms with Gasteiger partial charge in [-0.3, -0.25) is 4.79 Å². The minimum Gasteiger partial charge on any atom is -0.373 e. The van der Waals surface area contributed by atoms with E-state index in [4.69, 9.17) is 29.6 Å². The van der Waals surface area contributed by atoms with Crippen molar-refractivity contribution in [3.63, 3.8) is 0 Å². The number of hydrogen-bond donors (Lipinski definition) is 2. The molecule has 0 saturated heterocycles. The minimum absolute atomic E-state index is 0.194. The second kappa shape index (κ2) is 6.89. The lowest BCUT2D eigenvalue weighted by Gasteiger charge is -2.16. The quantitative estimate of drug-likeness (QED) is 0.646. The smallest absolute Gasteiger partial charge is 0.242 e. The number of benzene rings is 1. The van der Waals surface area contributed by atoms with E-state index in [0.29, 0.717) is 20.2 Å². The number of nitrogens with one attached hydrogen (secondary N) is 2. The zero-order chi connectivity index (χ0) is 13.7. The largest absolute Gasteiger partial charge is 0.373 e. The van der Waals surface area contributed by atoms with Gasteiger partial charge in [0.2, 0.25) is 5.91 Å². The van der Waals surface area contributed by atoms with E-state index in [0.717, 1.165) is 0 Å². The fraction of sp³-hybridized carbons (Fsp3) is 0.250. The summed E-state index contributed by atoms with van der Waals surface area (Å²) in [6.45, 7) is 1.90. The van der Waals surface area contributed by atoms with E-state index >= 15 is 0 Å². The molecule has 96 valence electrons. The topological polar surface area (TPSA) is 41.1 Å². The van der Waals surface area contributed by atoms with E-state index in [1.54, 1.807) is 19.1 Å². The molecule has 2 N–H and O–H groups in total. The second-order valence-electron chi connectivity index (χ2n) is 3.51. The average Bonchev–Trinajstić information content (AvgIpc) is 2.36. The van der Waals surface area contributed by atoms with Crippen molar-refractivity contribution >= 4 is 50.7 Å². The molecule has 0 aliphatic rings. The average molecular weight is 350 g/mol. The van der Waals surface area contributed by atoms with Crippen LogP contribution in [-0.4, -0.2) is 18.5 Å². The molecule has 6 heteroatoms. The van der Waals surface area contributed by atoms with Crippen molar-refractivity contribution in [2.45, 2.75) is 13.0 Å². The standard InChI is InChI=1S/C12H11BrCl2N2O/c1-3-6-16-12(18)7(2)17-9-5-4-8(13)10(14)11(9)15/h1,4-5,7,17H,6H2,2H3,(H,16,18). The van der Waals surface area contributed by atoms with Crippen LogP contribution >= 0.6 is 39.1 Å². The Balaban J connectivity index is 2.77. The summed E-state index contributed by atoms with van der Waals surface area (Å²) in [4.78, 5) is 11.6. The minimum atomic E-state index is -0.465. The molecule has 1 aromatic rings. The van der Waals surface area contributed by atoms with E-state index < -0.39 is 6.04 Å². The molecule has 0 fully saturated rings. The monoisotopic (exact) mass is 348 g/mol. The summed E-state index contributed by atoms with van der Waals surface area (Å²) in [5, 5.41) is 6.31. The molecular weight excluding hydrogens is 339 g/mol. The van der Waals surface area contributed by atoms with Crippen molar-refractivity contribution in [3.05, 3.63) is 26.7 Å². The summed E-state index contributed by atoms with van der Waals surface area (Å²) in [6.07, 6.45) is 5.06. The molecule has 0 saturated carbocycles. The van der Waals surface area contributed by atoms with Crippen LogP contribution in [0, 0.1) is 12.3 Å². The Morgan fingerprint density at radius 3 is 2.78 bits per heavy atom. The van der Waals surface area contributed by atoms with Gasteiger partial charge in [0.05, 0.1) is 22.3 Å². The van der Waals surface area contributed by atoms with Crippen LogP contribution in [0.5, 0.6) is 0 Å². The zero-order valence-corrected chi connectivity index (χ0v) is 12.7. The number of halogens is 3. The first-order chi connectivity index (χ1) is 8.47. The Bertz CT molecular complexity index is 500. The van der Waals surface area contributed by atoms with Crippen molar-refractivity contribution in [1.82, 2.24) is 5.32 Å². The summed E-state index contributed by atoms with van der Waals surface area (Å²) in [6, 6.07) is 3.03. The maximum Gasteiger partial charge on any atom is 0.242 e. The van der Waals surface area contributed by atoms with Crippen molar-refractivity contribution in [2.75, 3.05) is 11.9 Å². The van der Waals surface area contributed by atoms with Crippen LogP contribution in [-0.2, 0) is 4.79 Å². The number of carbonyl (C=O) groups is 1.